The summed E-state index contributed by atoms with van der Waals surface area (Å²) >= 11 is 6.02. The molecule has 0 saturated carbocycles. The van der Waals surface area contributed by atoms with Crippen molar-refractivity contribution < 1.29 is 9.53 Å². The van der Waals surface area contributed by atoms with Crippen molar-refractivity contribution in [3.63, 3.8) is 0 Å². The van der Waals surface area contributed by atoms with Crippen LogP contribution in [0.3, 0.4) is 0 Å². The third kappa shape index (κ3) is 6.40. The number of nitrogens with one attached hydrogen (secondary N) is 1. The van der Waals surface area contributed by atoms with E-state index in [1.807, 2.05) is 43.9 Å². The Morgan fingerprint density at radius 2 is 2.17 bits per heavy atom. The van der Waals surface area contributed by atoms with Crippen LogP contribution in [0.1, 0.15) is 45.6 Å². The molecule has 1 unspecified atom stereocenters. The van der Waals surface area contributed by atoms with Crippen LogP contribution in [0, 0.1) is 0 Å². The molecule has 23 heavy (non-hydrogen) atoms. The van der Waals surface area contributed by atoms with Crippen molar-refractivity contribution in [2.45, 2.75) is 58.2 Å². The molecule has 1 N–H and O–H groups in total. The number of hydrogen-bond acceptors (Lipinski definition) is 3. The predicted octanol–water partition coefficient (Wildman–Crippen LogP) is 4.22. The predicted molar refractivity (Wildman–Crippen MR) is 93.7 cm³/mol. The molecule has 0 radical (unpaired) electrons. The Bertz CT molecular complexity index is 528. The maximum atomic E-state index is 12.3. The number of carbonyl (C=O) groups is 1. The fourth-order valence-electron chi connectivity index (χ4n) is 2.71. The molecule has 5 heteroatoms. The lowest BCUT2D eigenvalue weighted by Crippen LogP contribution is -2.44. The highest BCUT2D eigenvalue weighted by atomic mass is 35.5. The third-order valence-corrected chi connectivity index (χ3v) is 4.04. The zero-order valence-electron chi connectivity index (χ0n) is 14.3. The van der Waals surface area contributed by atoms with Crippen LogP contribution in [0.4, 0.5) is 4.79 Å². The van der Waals surface area contributed by atoms with Gasteiger partial charge in [-0.05, 0) is 51.3 Å². The van der Waals surface area contributed by atoms with E-state index in [9.17, 15) is 4.79 Å². The Balaban J connectivity index is 1.90. The topological polar surface area (TPSA) is 41.6 Å². The molecule has 1 fully saturated rings. The summed E-state index contributed by atoms with van der Waals surface area (Å²) in [7, 11) is 0. The van der Waals surface area contributed by atoms with Gasteiger partial charge in [-0.15, -0.1) is 0 Å². The normalized spacial score (nSPS) is 19.3. The summed E-state index contributed by atoms with van der Waals surface area (Å²) in [6.45, 7) is 7.92. The number of carbonyl (C=O) groups excluding carboxylic acids is 1. The molecule has 1 aromatic rings. The lowest BCUT2D eigenvalue weighted by Gasteiger charge is -2.28. The van der Waals surface area contributed by atoms with Crippen molar-refractivity contribution in [1.82, 2.24) is 10.2 Å². The molecule has 1 aromatic carbocycles. The van der Waals surface area contributed by atoms with Crippen molar-refractivity contribution in [3.8, 4) is 0 Å². The first-order valence-electron chi connectivity index (χ1n) is 8.29. The van der Waals surface area contributed by atoms with Gasteiger partial charge in [0.2, 0.25) is 0 Å². The third-order valence-electron chi connectivity index (χ3n) is 3.81. The highest BCUT2D eigenvalue weighted by Crippen LogP contribution is 2.16. The van der Waals surface area contributed by atoms with Gasteiger partial charge in [-0.1, -0.05) is 30.2 Å². The number of benzene rings is 1. The number of hydrogen-bond donors (Lipinski definition) is 1. The molecule has 0 aliphatic carbocycles. The molecule has 1 atom stereocenters. The van der Waals surface area contributed by atoms with E-state index >= 15 is 0 Å². The van der Waals surface area contributed by atoms with E-state index < -0.39 is 5.60 Å². The standard InChI is InChI=1S/C18H27ClN2O2/c1-18(2,3)23-17(22)21-10-5-4-9-16(13-21)20-12-14-7-6-8-15(19)11-14/h6-8,11,16,20H,4-5,9-10,12-13H2,1-3H3. The monoisotopic (exact) mass is 338 g/mol. The van der Waals surface area contributed by atoms with Crippen LogP contribution in [-0.4, -0.2) is 35.7 Å². The number of rotatable bonds is 3. The van der Waals surface area contributed by atoms with Crippen molar-refractivity contribution in [2.24, 2.45) is 0 Å². The van der Waals surface area contributed by atoms with Crippen LogP contribution in [0.2, 0.25) is 5.02 Å². The summed E-state index contributed by atoms with van der Waals surface area (Å²) in [5.74, 6) is 0. The van der Waals surface area contributed by atoms with Gasteiger partial charge >= 0.3 is 6.09 Å². The van der Waals surface area contributed by atoms with E-state index in [1.54, 1.807) is 0 Å². The molecular formula is C18H27ClN2O2. The van der Waals surface area contributed by atoms with Gasteiger partial charge in [0, 0.05) is 30.7 Å². The molecular weight excluding hydrogens is 312 g/mol. The SMILES string of the molecule is CC(C)(C)OC(=O)N1CCCCC(NCc2cccc(Cl)c2)C1. The Labute approximate surface area is 144 Å². The van der Waals surface area contributed by atoms with Crippen LogP contribution < -0.4 is 5.32 Å². The largest absolute Gasteiger partial charge is 0.444 e. The summed E-state index contributed by atoms with van der Waals surface area (Å²) < 4.78 is 5.50. The molecule has 0 bridgehead atoms. The Hall–Kier alpha value is -1.26. The zero-order valence-corrected chi connectivity index (χ0v) is 15.0. The van der Waals surface area contributed by atoms with E-state index in [1.165, 1.54) is 0 Å². The molecule has 1 aliphatic heterocycles. The minimum atomic E-state index is -0.451. The van der Waals surface area contributed by atoms with Crippen LogP contribution in [0.25, 0.3) is 0 Å². The van der Waals surface area contributed by atoms with Gasteiger partial charge < -0.3 is 15.0 Å². The summed E-state index contributed by atoms with van der Waals surface area (Å²) in [4.78, 5) is 14.1. The minimum Gasteiger partial charge on any atom is -0.444 e. The second kappa shape index (κ2) is 8.02. The second-order valence-corrected chi connectivity index (χ2v) is 7.57. The molecule has 0 aromatic heterocycles. The average molecular weight is 339 g/mol. The average Bonchev–Trinajstić information content (AvgIpc) is 2.69. The molecule has 128 valence electrons. The van der Waals surface area contributed by atoms with Crippen molar-refractivity contribution in [1.29, 1.82) is 0 Å². The molecule has 1 amide bonds. The first-order valence-corrected chi connectivity index (χ1v) is 8.67. The number of amides is 1. The smallest absolute Gasteiger partial charge is 0.410 e. The van der Waals surface area contributed by atoms with E-state index in [-0.39, 0.29) is 12.1 Å². The molecule has 1 saturated heterocycles. The number of nitrogens with zero attached hydrogens (tertiary/aromatic N) is 1. The fraction of sp³-hybridized carbons (Fsp3) is 0.611. The summed E-state index contributed by atoms with van der Waals surface area (Å²) in [6, 6.07) is 8.14. The van der Waals surface area contributed by atoms with E-state index in [0.717, 1.165) is 42.9 Å². The molecule has 4 nitrogen and oxygen atoms in total. The Morgan fingerprint density at radius 1 is 1.39 bits per heavy atom. The van der Waals surface area contributed by atoms with Gasteiger partial charge in [0.15, 0.2) is 0 Å². The van der Waals surface area contributed by atoms with Crippen LogP contribution in [-0.2, 0) is 11.3 Å². The van der Waals surface area contributed by atoms with Gasteiger partial charge in [0.1, 0.15) is 5.60 Å². The van der Waals surface area contributed by atoms with Gasteiger partial charge in [-0.3, -0.25) is 0 Å². The van der Waals surface area contributed by atoms with Crippen molar-refractivity contribution >= 4 is 17.7 Å². The maximum absolute atomic E-state index is 12.3. The number of halogens is 1. The Kier molecular flexibility index (Phi) is 6.31. The summed E-state index contributed by atoms with van der Waals surface area (Å²) in [6.07, 6.45) is 3.00. The summed E-state index contributed by atoms with van der Waals surface area (Å²) in [5, 5.41) is 4.30. The van der Waals surface area contributed by atoms with Crippen LogP contribution in [0.15, 0.2) is 24.3 Å². The first kappa shape index (κ1) is 18.1. The Morgan fingerprint density at radius 3 is 2.87 bits per heavy atom. The highest BCUT2D eigenvalue weighted by molar-refractivity contribution is 6.30. The zero-order chi connectivity index (χ0) is 16.9. The van der Waals surface area contributed by atoms with E-state index in [0.29, 0.717) is 6.54 Å². The lowest BCUT2D eigenvalue weighted by atomic mass is 10.1. The van der Waals surface area contributed by atoms with Gasteiger partial charge in [0.05, 0.1) is 0 Å². The van der Waals surface area contributed by atoms with Crippen LogP contribution in [0.5, 0.6) is 0 Å². The molecule has 0 spiro atoms. The number of ether oxygens (including phenoxy) is 1. The van der Waals surface area contributed by atoms with Gasteiger partial charge in [0.25, 0.3) is 0 Å². The van der Waals surface area contributed by atoms with Gasteiger partial charge in [-0.2, -0.15) is 0 Å². The summed E-state index contributed by atoms with van der Waals surface area (Å²) in [5.41, 5.74) is 0.707. The van der Waals surface area contributed by atoms with E-state index in [4.69, 9.17) is 16.3 Å². The molecule has 2 rings (SSSR count). The molecule has 1 heterocycles. The highest BCUT2D eigenvalue weighted by Gasteiger charge is 2.26. The van der Waals surface area contributed by atoms with Crippen LogP contribution >= 0.6 is 11.6 Å². The lowest BCUT2D eigenvalue weighted by molar-refractivity contribution is 0.0243. The van der Waals surface area contributed by atoms with Crippen molar-refractivity contribution in [2.75, 3.05) is 13.1 Å². The minimum absolute atomic E-state index is 0.214. The van der Waals surface area contributed by atoms with E-state index in [2.05, 4.69) is 11.4 Å². The maximum Gasteiger partial charge on any atom is 0.410 e. The number of likely N-dealkylation sites (tertiary alicyclic amines) is 1. The fourth-order valence-corrected chi connectivity index (χ4v) is 2.92. The second-order valence-electron chi connectivity index (χ2n) is 7.13. The quantitative estimate of drug-likeness (QED) is 0.897. The van der Waals surface area contributed by atoms with Gasteiger partial charge in [-0.25, -0.2) is 4.79 Å². The van der Waals surface area contributed by atoms with Crippen molar-refractivity contribution in [3.05, 3.63) is 34.9 Å². The first-order chi connectivity index (χ1) is 10.8. The molecule has 1 aliphatic rings.